The quantitative estimate of drug-likeness (QED) is 0.851. The van der Waals surface area contributed by atoms with Crippen LogP contribution in [0.3, 0.4) is 0 Å². The number of rotatable bonds is 2. The van der Waals surface area contributed by atoms with Crippen LogP contribution in [0.1, 0.15) is 23.2 Å². The average molecular weight is 320 g/mol. The molecule has 1 aromatic rings. The number of carbonyl (C=O) groups is 1. The van der Waals surface area contributed by atoms with Gasteiger partial charge in [-0.15, -0.1) is 0 Å². The van der Waals surface area contributed by atoms with Gasteiger partial charge in [0, 0.05) is 19.3 Å². The second-order valence-electron chi connectivity index (χ2n) is 4.08. The van der Waals surface area contributed by atoms with E-state index in [9.17, 15) is 13.6 Å². The summed E-state index contributed by atoms with van der Waals surface area (Å²) in [4.78, 5) is 11.8. The van der Waals surface area contributed by atoms with Crippen molar-refractivity contribution in [3.63, 3.8) is 0 Å². The predicted octanol–water partition coefficient (Wildman–Crippen LogP) is 2.64. The minimum atomic E-state index is -1.13. The topological polar surface area (TPSA) is 38.3 Å². The van der Waals surface area contributed by atoms with E-state index in [0.717, 1.165) is 0 Å². The Morgan fingerprint density at radius 1 is 1.28 bits per heavy atom. The van der Waals surface area contributed by atoms with Crippen molar-refractivity contribution in [2.45, 2.75) is 18.9 Å². The Morgan fingerprint density at radius 3 is 2.61 bits per heavy atom. The van der Waals surface area contributed by atoms with Crippen LogP contribution in [0, 0.1) is 11.6 Å². The van der Waals surface area contributed by atoms with Gasteiger partial charge >= 0.3 is 0 Å². The highest BCUT2D eigenvalue weighted by Gasteiger charge is 2.21. The van der Waals surface area contributed by atoms with Crippen molar-refractivity contribution in [3.05, 3.63) is 33.8 Å². The lowest BCUT2D eigenvalue weighted by Gasteiger charge is -2.23. The van der Waals surface area contributed by atoms with E-state index in [2.05, 4.69) is 21.2 Å². The van der Waals surface area contributed by atoms with Crippen molar-refractivity contribution in [2.24, 2.45) is 0 Å². The molecule has 1 aromatic carbocycles. The normalized spacial score (nSPS) is 16.6. The van der Waals surface area contributed by atoms with E-state index in [4.69, 9.17) is 4.74 Å². The van der Waals surface area contributed by atoms with Gasteiger partial charge in [-0.1, -0.05) is 0 Å². The summed E-state index contributed by atoms with van der Waals surface area (Å²) < 4.78 is 32.0. The summed E-state index contributed by atoms with van der Waals surface area (Å²) in [5.41, 5.74) is -0.276. The fourth-order valence-corrected chi connectivity index (χ4v) is 2.11. The van der Waals surface area contributed by atoms with Crippen molar-refractivity contribution in [3.8, 4) is 0 Å². The Balaban J connectivity index is 2.11. The molecule has 1 heterocycles. The highest BCUT2D eigenvalue weighted by Crippen LogP contribution is 2.21. The second kappa shape index (κ2) is 5.75. The number of ether oxygens (including phenoxy) is 1. The molecule has 98 valence electrons. The zero-order chi connectivity index (χ0) is 13.1. The molecule has 0 aliphatic carbocycles. The molecule has 0 unspecified atom stereocenters. The monoisotopic (exact) mass is 319 g/mol. The zero-order valence-corrected chi connectivity index (χ0v) is 11.1. The van der Waals surface area contributed by atoms with Crippen LogP contribution in [0.2, 0.25) is 0 Å². The summed E-state index contributed by atoms with van der Waals surface area (Å²) in [6.45, 7) is 1.14. The molecule has 18 heavy (non-hydrogen) atoms. The first-order valence-corrected chi connectivity index (χ1v) is 6.41. The molecule has 1 amide bonds. The molecule has 1 aliphatic heterocycles. The van der Waals surface area contributed by atoms with Crippen molar-refractivity contribution in [1.29, 1.82) is 0 Å². The third-order valence-electron chi connectivity index (χ3n) is 2.84. The number of carbonyl (C=O) groups excluding carboxylic acids is 1. The summed E-state index contributed by atoms with van der Waals surface area (Å²) in [6.07, 6.45) is 1.37. The van der Waals surface area contributed by atoms with E-state index in [0.29, 0.717) is 26.1 Å². The maximum absolute atomic E-state index is 13.6. The molecule has 2 rings (SSSR count). The van der Waals surface area contributed by atoms with E-state index in [1.54, 1.807) is 0 Å². The van der Waals surface area contributed by atoms with Crippen LogP contribution in [-0.4, -0.2) is 25.2 Å². The summed E-state index contributed by atoms with van der Waals surface area (Å²) in [7, 11) is 0. The first-order chi connectivity index (χ1) is 8.59. The molecular formula is C12H12BrF2NO2. The van der Waals surface area contributed by atoms with Crippen LogP contribution in [-0.2, 0) is 4.74 Å². The minimum absolute atomic E-state index is 0.00242. The van der Waals surface area contributed by atoms with Gasteiger partial charge in [-0.2, -0.15) is 0 Å². The SMILES string of the molecule is O=C(NC1CCOCC1)c1ccc(Br)c(F)c1F. The van der Waals surface area contributed by atoms with Crippen LogP contribution < -0.4 is 5.32 Å². The first-order valence-electron chi connectivity index (χ1n) is 5.61. The Morgan fingerprint density at radius 2 is 1.94 bits per heavy atom. The van der Waals surface area contributed by atoms with Crippen LogP contribution in [0.15, 0.2) is 16.6 Å². The number of halogens is 3. The molecule has 6 heteroatoms. The molecule has 1 fully saturated rings. The highest BCUT2D eigenvalue weighted by atomic mass is 79.9. The van der Waals surface area contributed by atoms with Crippen molar-refractivity contribution >= 4 is 21.8 Å². The van der Waals surface area contributed by atoms with Gasteiger partial charge in [-0.25, -0.2) is 8.78 Å². The lowest BCUT2D eigenvalue weighted by atomic mass is 10.1. The zero-order valence-electron chi connectivity index (χ0n) is 9.51. The molecule has 0 saturated carbocycles. The van der Waals surface area contributed by atoms with Gasteiger partial charge in [0.05, 0.1) is 10.0 Å². The van der Waals surface area contributed by atoms with Gasteiger partial charge in [0.25, 0.3) is 5.91 Å². The molecule has 0 aromatic heterocycles. The van der Waals surface area contributed by atoms with Crippen LogP contribution in [0.4, 0.5) is 8.78 Å². The number of hydrogen-bond donors (Lipinski definition) is 1. The van der Waals surface area contributed by atoms with Crippen molar-refractivity contribution in [2.75, 3.05) is 13.2 Å². The smallest absolute Gasteiger partial charge is 0.254 e. The van der Waals surface area contributed by atoms with E-state index in [1.165, 1.54) is 12.1 Å². The van der Waals surface area contributed by atoms with Gasteiger partial charge in [-0.05, 0) is 40.9 Å². The molecule has 3 nitrogen and oxygen atoms in total. The molecule has 1 N–H and O–H groups in total. The Bertz CT molecular complexity index is 462. The maximum Gasteiger partial charge on any atom is 0.254 e. The van der Waals surface area contributed by atoms with E-state index >= 15 is 0 Å². The summed E-state index contributed by atoms with van der Waals surface area (Å²) in [5.74, 6) is -2.77. The van der Waals surface area contributed by atoms with Gasteiger partial charge in [0.15, 0.2) is 11.6 Å². The lowest BCUT2D eigenvalue weighted by Crippen LogP contribution is -2.39. The summed E-state index contributed by atoms with van der Waals surface area (Å²) >= 11 is 2.86. The van der Waals surface area contributed by atoms with Crippen LogP contribution in [0.25, 0.3) is 0 Å². The second-order valence-corrected chi connectivity index (χ2v) is 4.94. The number of nitrogens with one attached hydrogen (secondary N) is 1. The molecule has 1 aliphatic rings. The third-order valence-corrected chi connectivity index (χ3v) is 3.45. The van der Waals surface area contributed by atoms with Crippen molar-refractivity contribution in [1.82, 2.24) is 5.32 Å². The standard InChI is InChI=1S/C12H12BrF2NO2/c13-9-2-1-8(10(14)11(9)15)12(17)16-7-3-5-18-6-4-7/h1-2,7H,3-6H2,(H,16,17). The van der Waals surface area contributed by atoms with E-state index < -0.39 is 17.5 Å². The Hall–Kier alpha value is -1.01. The fourth-order valence-electron chi connectivity index (χ4n) is 1.81. The highest BCUT2D eigenvalue weighted by molar-refractivity contribution is 9.10. The van der Waals surface area contributed by atoms with Gasteiger partial charge in [0.1, 0.15) is 0 Å². The average Bonchev–Trinajstić information content (AvgIpc) is 2.37. The number of hydrogen-bond acceptors (Lipinski definition) is 2. The van der Waals surface area contributed by atoms with Crippen LogP contribution in [0.5, 0.6) is 0 Å². The maximum atomic E-state index is 13.6. The predicted molar refractivity (Wildman–Crippen MR) is 65.4 cm³/mol. The minimum Gasteiger partial charge on any atom is -0.381 e. The molecule has 0 atom stereocenters. The third kappa shape index (κ3) is 2.87. The van der Waals surface area contributed by atoms with Crippen molar-refractivity contribution < 1.29 is 18.3 Å². The van der Waals surface area contributed by atoms with Gasteiger partial charge < -0.3 is 10.1 Å². The van der Waals surface area contributed by atoms with Gasteiger partial charge in [0.2, 0.25) is 0 Å². The van der Waals surface area contributed by atoms with E-state index in [-0.39, 0.29) is 16.1 Å². The summed E-state index contributed by atoms with van der Waals surface area (Å²) in [6, 6.07) is 2.53. The number of amides is 1. The fraction of sp³-hybridized carbons (Fsp3) is 0.417. The van der Waals surface area contributed by atoms with Gasteiger partial charge in [-0.3, -0.25) is 4.79 Å². The van der Waals surface area contributed by atoms with E-state index in [1.807, 2.05) is 0 Å². The molecule has 1 saturated heterocycles. The Labute approximate surface area is 112 Å². The largest absolute Gasteiger partial charge is 0.381 e. The molecule has 0 spiro atoms. The molecular weight excluding hydrogens is 308 g/mol. The van der Waals surface area contributed by atoms with Crippen LogP contribution >= 0.6 is 15.9 Å². The molecule has 0 radical (unpaired) electrons. The molecule has 0 bridgehead atoms. The first kappa shape index (κ1) is 13.4. The number of benzene rings is 1. The lowest BCUT2D eigenvalue weighted by molar-refractivity contribution is 0.0694. The summed E-state index contributed by atoms with van der Waals surface area (Å²) in [5, 5.41) is 2.68. The Kier molecular flexibility index (Phi) is 4.29.